The lowest BCUT2D eigenvalue weighted by molar-refractivity contribution is -0.130. The fraction of sp³-hybridized carbons (Fsp3) is 0.217. The van der Waals surface area contributed by atoms with Crippen LogP contribution in [-0.2, 0) is 11.3 Å². The summed E-state index contributed by atoms with van der Waals surface area (Å²) in [6.45, 7) is 2.65. The number of nitrogens with zero attached hydrogens (tertiary/aromatic N) is 1. The lowest BCUT2D eigenvalue weighted by Gasteiger charge is -2.16. The molecule has 0 bridgehead atoms. The predicted octanol–water partition coefficient (Wildman–Crippen LogP) is 5.35. The van der Waals surface area contributed by atoms with Crippen LogP contribution in [0.2, 0.25) is 0 Å². The van der Waals surface area contributed by atoms with Gasteiger partial charge < -0.3 is 4.90 Å². The molecule has 3 aromatic rings. The molecular formula is C23H23NO2S. The van der Waals surface area contributed by atoms with E-state index in [0.717, 1.165) is 11.1 Å². The molecule has 27 heavy (non-hydrogen) atoms. The van der Waals surface area contributed by atoms with Crippen LogP contribution in [0.4, 0.5) is 0 Å². The molecular weight excluding hydrogens is 354 g/mol. The summed E-state index contributed by atoms with van der Waals surface area (Å²) in [6, 6.07) is 19.7. The Bertz CT molecular complexity index is 913. The van der Waals surface area contributed by atoms with Crippen molar-refractivity contribution < 1.29 is 9.59 Å². The molecule has 1 amide bonds. The molecule has 0 N–H and O–H groups in total. The van der Waals surface area contributed by atoms with E-state index >= 15 is 0 Å². The van der Waals surface area contributed by atoms with Gasteiger partial charge in [0.15, 0.2) is 5.78 Å². The smallest absolute Gasteiger partial charge is 0.223 e. The highest BCUT2D eigenvalue weighted by molar-refractivity contribution is 7.10. The van der Waals surface area contributed by atoms with Gasteiger partial charge in [0.1, 0.15) is 0 Å². The molecule has 0 fully saturated rings. The van der Waals surface area contributed by atoms with Crippen molar-refractivity contribution in [1.82, 2.24) is 4.90 Å². The summed E-state index contributed by atoms with van der Waals surface area (Å²) in [4.78, 5) is 27.6. The third-order valence-electron chi connectivity index (χ3n) is 4.65. The molecule has 0 saturated heterocycles. The third-order valence-corrected chi connectivity index (χ3v) is 5.66. The number of aryl methyl sites for hydroxylation is 1. The first kappa shape index (κ1) is 19.1. The molecule has 0 atom stereocenters. The zero-order valence-electron chi connectivity index (χ0n) is 15.6. The number of carbonyl (C=O) groups is 2. The lowest BCUT2D eigenvalue weighted by Crippen LogP contribution is -2.26. The summed E-state index contributed by atoms with van der Waals surface area (Å²) < 4.78 is 0. The molecule has 0 saturated carbocycles. The van der Waals surface area contributed by atoms with Crippen LogP contribution in [0.3, 0.4) is 0 Å². The minimum absolute atomic E-state index is 0.00273. The molecule has 0 unspecified atom stereocenters. The Hall–Kier alpha value is -2.72. The van der Waals surface area contributed by atoms with Gasteiger partial charge in [0.05, 0.1) is 6.54 Å². The quantitative estimate of drug-likeness (QED) is 0.521. The van der Waals surface area contributed by atoms with E-state index in [4.69, 9.17) is 0 Å². The topological polar surface area (TPSA) is 37.4 Å². The van der Waals surface area contributed by atoms with Crippen LogP contribution in [0.5, 0.6) is 0 Å². The third kappa shape index (κ3) is 4.92. The number of hydrogen-bond donors (Lipinski definition) is 0. The van der Waals surface area contributed by atoms with Crippen LogP contribution in [0, 0.1) is 6.92 Å². The normalized spacial score (nSPS) is 10.6. The Morgan fingerprint density at radius 2 is 1.56 bits per heavy atom. The van der Waals surface area contributed by atoms with E-state index in [0.29, 0.717) is 12.1 Å². The van der Waals surface area contributed by atoms with Gasteiger partial charge in [-0.05, 0) is 35.1 Å². The van der Waals surface area contributed by atoms with Gasteiger partial charge in [-0.2, -0.15) is 0 Å². The van der Waals surface area contributed by atoms with E-state index in [2.05, 4.69) is 6.07 Å². The summed E-state index contributed by atoms with van der Waals surface area (Å²) in [5.74, 6) is 0.000668. The summed E-state index contributed by atoms with van der Waals surface area (Å²) in [5, 5.41) is 2.03. The number of hydrogen-bond acceptors (Lipinski definition) is 3. The minimum atomic E-state index is -0.00273. The van der Waals surface area contributed by atoms with Gasteiger partial charge in [0.25, 0.3) is 0 Å². The number of amides is 1. The molecule has 0 aliphatic rings. The Morgan fingerprint density at radius 1 is 0.889 bits per heavy atom. The maximum atomic E-state index is 12.4. The van der Waals surface area contributed by atoms with Gasteiger partial charge in [0.2, 0.25) is 5.91 Å². The van der Waals surface area contributed by atoms with Gasteiger partial charge in [-0.1, -0.05) is 54.6 Å². The number of ketones is 1. The molecule has 1 heterocycles. The second-order valence-corrected chi connectivity index (χ2v) is 7.64. The first-order chi connectivity index (χ1) is 13.0. The first-order valence-corrected chi connectivity index (χ1v) is 9.88. The molecule has 0 radical (unpaired) electrons. The summed E-state index contributed by atoms with van der Waals surface area (Å²) in [5.41, 5.74) is 4.06. The van der Waals surface area contributed by atoms with E-state index in [1.165, 1.54) is 10.4 Å². The Balaban J connectivity index is 1.54. The van der Waals surface area contributed by atoms with E-state index < -0.39 is 0 Å². The Labute approximate surface area is 164 Å². The Kier molecular flexibility index (Phi) is 6.20. The van der Waals surface area contributed by atoms with Crippen LogP contribution in [0.15, 0.2) is 66.0 Å². The molecule has 0 spiro atoms. The number of thiophene rings is 1. The number of Topliss-reactive ketones (excluding diaryl/α,β-unsaturated/α-hetero) is 1. The largest absolute Gasteiger partial charge is 0.341 e. The van der Waals surface area contributed by atoms with Gasteiger partial charge >= 0.3 is 0 Å². The molecule has 4 heteroatoms. The van der Waals surface area contributed by atoms with E-state index in [1.54, 1.807) is 23.3 Å². The molecule has 3 nitrogen and oxygen atoms in total. The van der Waals surface area contributed by atoms with Crippen LogP contribution < -0.4 is 0 Å². The first-order valence-electron chi connectivity index (χ1n) is 9.00. The maximum absolute atomic E-state index is 12.4. The number of carbonyl (C=O) groups excluding carboxylic acids is 2. The Morgan fingerprint density at radius 3 is 2.19 bits per heavy atom. The highest BCUT2D eigenvalue weighted by Crippen LogP contribution is 2.20. The second-order valence-electron chi connectivity index (χ2n) is 6.64. The van der Waals surface area contributed by atoms with Crippen molar-refractivity contribution in [1.29, 1.82) is 0 Å². The molecule has 1 aromatic heterocycles. The number of benzene rings is 2. The van der Waals surface area contributed by atoms with Gasteiger partial charge in [-0.3, -0.25) is 9.59 Å². The van der Waals surface area contributed by atoms with Crippen molar-refractivity contribution in [3.8, 4) is 11.1 Å². The van der Waals surface area contributed by atoms with Gasteiger partial charge in [-0.15, -0.1) is 11.3 Å². The van der Waals surface area contributed by atoms with Gasteiger partial charge in [0, 0.05) is 30.3 Å². The summed E-state index contributed by atoms with van der Waals surface area (Å²) in [7, 11) is 1.79. The van der Waals surface area contributed by atoms with Crippen LogP contribution in [-0.4, -0.2) is 23.6 Å². The predicted molar refractivity (Wildman–Crippen MR) is 111 cm³/mol. The fourth-order valence-corrected chi connectivity index (χ4v) is 3.86. The molecule has 0 aliphatic heterocycles. The summed E-state index contributed by atoms with van der Waals surface area (Å²) in [6.07, 6.45) is 0.470. The second kappa shape index (κ2) is 8.78. The molecule has 138 valence electrons. The van der Waals surface area contributed by atoms with Crippen LogP contribution in [0.1, 0.15) is 33.6 Å². The van der Waals surface area contributed by atoms with E-state index in [9.17, 15) is 9.59 Å². The van der Waals surface area contributed by atoms with E-state index in [-0.39, 0.29) is 24.5 Å². The standard InChI is InChI=1S/C23H23NO2S/c1-17-14-15-27-22(17)16-24(2)23(26)13-12-21(25)20-10-8-19(9-11-20)18-6-4-3-5-7-18/h3-11,14-15H,12-13,16H2,1-2H3. The SMILES string of the molecule is Cc1ccsc1CN(C)C(=O)CCC(=O)c1ccc(-c2ccccc2)cc1. The minimum Gasteiger partial charge on any atom is -0.341 e. The van der Waals surface area contributed by atoms with Crippen molar-refractivity contribution in [2.45, 2.75) is 26.3 Å². The van der Waals surface area contributed by atoms with Crippen molar-refractivity contribution in [2.75, 3.05) is 7.05 Å². The number of rotatable bonds is 7. The lowest BCUT2D eigenvalue weighted by atomic mass is 10.0. The highest BCUT2D eigenvalue weighted by Gasteiger charge is 2.14. The van der Waals surface area contributed by atoms with Crippen molar-refractivity contribution in [3.63, 3.8) is 0 Å². The van der Waals surface area contributed by atoms with Gasteiger partial charge in [-0.25, -0.2) is 0 Å². The maximum Gasteiger partial charge on any atom is 0.223 e. The zero-order valence-corrected chi connectivity index (χ0v) is 16.5. The molecule has 2 aromatic carbocycles. The average molecular weight is 378 g/mol. The molecule has 3 rings (SSSR count). The van der Waals surface area contributed by atoms with Crippen molar-refractivity contribution >= 4 is 23.0 Å². The van der Waals surface area contributed by atoms with Crippen molar-refractivity contribution in [3.05, 3.63) is 82.0 Å². The van der Waals surface area contributed by atoms with Crippen molar-refractivity contribution in [2.24, 2.45) is 0 Å². The highest BCUT2D eigenvalue weighted by atomic mass is 32.1. The zero-order chi connectivity index (χ0) is 19.2. The fourth-order valence-electron chi connectivity index (χ4n) is 2.90. The summed E-state index contributed by atoms with van der Waals surface area (Å²) >= 11 is 1.66. The average Bonchev–Trinajstić information content (AvgIpc) is 3.11. The van der Waals surface area contributed by atoms with Crippen LogP contribution >= 0.6 is 11.3 Å². The van der Waals surface area contributed by atoms with E-state index in [1.807, 2.05) is 66.9 Å². The monoisotopic (exact) mass is 377 g/mol. The van der Waals surface area contributed by atoms with Crippen LogP contribution in [0.25, 0.3) is 11.1 Å². The molecule has 0 aliphatic carbocycles.